The molecule has 0 amide bonds. The second-order valence-electron chi connectivity index (χ2n) is 14.4. The van der Waals surface area contributed by atoms with E-state index in [1.807, 2.05) is 23.5 Å². The number of furan rings is 1. The Bertz CT molecular complexity index is 3250. The number of benzene rings is 9. The average Bonchev–Trinajstić information content (AvgIpc) is 3.85. The minimum Gasteiger partial charge on any atom is -0.456 e. The molecule has 268 valence electrons. The Labute approximate surface area is 335 Å². The van der Waals surface area contributed by atoms with Crippen LogP contribution in [0.25, 0.3) is 86.6 Å². The number of nitrogens with zero attached hydrogens (tertiary/aromatic N) is 1. The van der Waals surface area contributed by atoms with E-state index in [4.69, 9.17) is 4.42 Å². The van der Waals surface area contributed by atoms with Gasteiger partial charge in [-0.15, -0.1) is 11.3 Å². The highest BCUT2D eigenvalue weighted by atomic mass is 32.1. The Morgan fingerprint density at radius 2 is 0.877 bits per heavy atom. The molecule has 57 heavy (non-hydrogen) atoms. The van der Waals surface area contributed by atoms with Crippen LogP contribution in [-0.2, 0) is 0 Å². The Hall–Kier alpha value is -7.20. The summed E-state index contributed by atoms with van der Waals surface area (Å²) in [6, 6.07) is 76.5. The Morgan fingerprint density at radius 1 is 0.316 bits per heavy atom. The largest absolute Gasteiger partial charge is 0.456 e. The van der Waals surface area contributed by atoms with E-state index in [1.165, 1.54) is 59.1 Å². The van der Waals surface area contributed by atoms with Crippen LogP contribution < -0.4 is 4.90 Å². The third kappa shape index (κ3) is 5.80. The van der Waals surface area contributed by atoms with Crippen molar-refractivity contribution in [3.05, 3.63) is 212 Å². The lowest BCUT2D eigenvalue weighted by Crippen LogP contribution is -2.11. The van der Waals surface area contributed by atoms with Crippen molar-refractivity contribution in [3.63, 3.8) is 0 Å². The van der Waals surface area contributed by atoms with Crippen LogP contribution in [-0.4, -0.2) is 0 Å². The van der Waals surface area contributed by atoms with Crippen molar-refractivity contribution in [2.24, 2.45) is 0 Å². The molecule has 3 heteroatoms. The van der Waals surface area contributed by atoms with Crippen LogP contribution in [0.3, 0.4) is 0 Å². The molecular weight excluding hydrogens is 711 g/mol. The first kappa shape index (κ1) is 33.2. The van der Waals surface area contributed by atoms with Gasteiger partial charge in [0.1, 0.15) is 11.2 Å². The molecule has 0 N–H and O–H groups in total. The summed E-state index contributed by atoms with van der Waals surface area (Å²) < 4.78 is 8.94. The summed E-state index contributed by atoms with van der Waals surface area (Å²) in [4.78, 5) is 2.40. The van der Waals surface area contributed by atoms with Gasteiger partial charge >= 0.3 is 0 Å². The van der Waals surface area contributed by atoms with E-state index in [2.05, 4.69) is 205 Å². The van der Waals surface area contributed by atoms with E-state index in [0.29, 0.717) is 0 Å². The van der Waals surface area contributed by atoms with E-state index in [-0.39, 0.29) is 0 Å². The summed E-state index contributed by atoms with van der Waals surface area (Å²) >= 11 is 1.85. The predicted molar refractivity (Wildman–Crippen MR) is 243 cm³/mol. The zero-order valence-electron chi connectivity index (χ0n) is 31.0. The maximum Gasteiger partial charge on any atom is 0.135 e. The van der Waals surface area contributed by atoms with Gasteiger partial charge in [0.25, 0.3) is 0 Å². The molecule has 2 heterocycles. The molecule has 0 radical (unpaired) electrons. The zero-order chi connectivity index (χ0) is 37.7. The van der Waals surface area contributed by atoms with Crippen molar-refractivity contribution in [3.8, 4) is 44.5 Å². The van der Waals surface area contributed by atoms with Gasteiger partial charge < -0.3 is 9.32 Å². The van der Waals surface area contributed by atoms with Gasteiger partial charge in [0.15, 0.2) is 0 Å². The van der Waals surface area contributed by atoms with Crippen LogP contribution in [0.1, 0.15) is 0 Å². The van der Waals surface area contributed by atoms with Crippen LogP contribution in [0.5, 0.6) is 0 Å². The van der Waals surface area contributed by atoms with E-state index >= 15 is 0 Å². The molecule has 0 spiro atoms. The predicted octanol–water partition coefficient (Wildman–Crippen LogP) is 16.1. The lowest BCUT2D eigenvalue weighted by molar-refractivity contribution is 0.669. The Balaban J connectivity index is 1.09. The minimum absolute atomic E-state index is 0.878. The monoisotopic (exact) mass is 745 g/mol. The molecule has 0 atom stereocenters. The third-order valence-electron chi connectivity index (χ3n) is 11.1. The normalized spacial score (nSPS) is 11.5. The van der Waals surface area contributed by atoms with Crippen molar-refractivity contribution in [2.75, 3.05) is 4.90 Å². The van der Waals surface area contributed by atoms with E-state index in [9.17, 15) is 0 Å². The molecule has 2 nitrogen and oxygen atoms in total. The van der Waals surface area contributed by atoms with Crippen molar-refractivity contribution in [1.82, 2.24) is 0 Å². The van der Waals surface area contributed by atoms with E-state index < -0.39 is 0 Å². The lowest BCUT2D eigenvalue weighted by atomic mass is 9.88. The van der Waals surface area contributed by atoms with Gasteiger partial charge in [-0.2, -0.15) is 0 Å². The fourth-order valence-electron chi connectivity index (χ4n) is 8.43. The molecule has 0 unspecified atom stereocenters. The topological polar surface area (TPSA) is 16.4 Å². The van der Waals surface area contributed by atoms with Gasteiger partial charge in [0, 0.05) is 47.9 Å². The maximum absolute atomic E-state index is 6.30. The molecule has 0 bridgehead atoms. The molecule has 2 aromatic heterocycles. The standard InChI is InChI=1S/C54H35NOS/c1-2-14-37(15-3-1)41-16-4-5-17-42(41)43-18-6-7-19-44(43)45-20-8-11-23-50(45)55(40-31-32-52-48(35-40)46-21-9-12-24-51(46)56-52)39-29-26-36(27-30-39)38-28-33-54-49(34-38)47-22-10-13-25-53(47)57-54/h1-35H. The summed E-state index contributed by atoms with van der Waals surface area (Å²) in [7, 11) is 0. The van der Waals surface area contributed by atoms with E-state index in [0.717, 1.165) is 44.6 Å². The van der Waals surface area contributed by atoms with Crippen LogP contribution in [0.4, 0.5) is 17.1 Å². The molecule has 11 aromatic rings. The third-order valence-corrected chi connectivity index (χ3v) is 12.3. The van der Waals surface area contributed by atoms with Crippen molar-refractivity contribution in [1.29, 1.82) is 0 Å². The van der Waals surface area contributed by atoms with Gasteiger partial charge in [-0.1, -0.05) is 152 Å². The highest BCUT2D eigenvalue weighted by Gasteiger charge is 2.21. The molecule has 0 saturated heterocycles. The van der Waals surface area contributed by atoms with Crippen LogP contribution in [0.2, 0.25) is 0 Å². The molecule has 11 rings (SSSR count). The van der Waals surface area contributed by atoms with Crippen LogP contribution in [0.15, 0.2) is 217 Å². The molecule has 0 aliphatic rings. The van der Waals surface area contributed by atoms with Crippen molar-refractivity contribution < 1.29 is 4.42 Å². The lowest BCUT2D eigenvalue weighted by Gasteiger charge is -2.29. The second kappa shape index (κ2) is 13.8. The van der Waals surface area contributed by atoms with Crippen molar-refractivity contribution in [2.45, 2.75) is 0 Å². The second-order valence-corrected chi connectivity index (χ2v) is 15.5. The molecule has 9 aromatic carbocycles. The highest BCUT2D eigenvalue weighted by Crippen LogP contribution is 2.46. The Morgan fingerprint density at radius 3 is 1.68 bits per heavy atom. The first-order chi connectivity index (χ1) is 28.3. The highest BCUT2D eigenvalue weighted by molar-refractivity contribution is 7.25. The first-order valence-corrected chi connectivity index (χ1v) is 20.1. The fraction of sp³-hybridized carbons (Fsp3) is 0. The summed E-state index contributed by atoms with van der Waals surface area (Å²) in [5, 5.41) is 4.82. The van der Waals surface area contributed by atoms with Gasteiger partial charge in [-0.3, -0.25) is 0 Å². The quantitative estimate of drug-likeness (QED) is 0.162. The number of hydrogen-bond donors (Lipinski definition) is 0. The van der Waals surface area contributed by atoms with Crippen LogP contribution >= 0.6 is 11.3 Å². The number of rotatable bonds is 7. The molecule has 0 fully saturated rings. The number of hydrogen-bond acceptors (Lipinski definition) is 3. The molecule has 0 aliphatic carbocycles. The molecule has 0 saturated carbocycles. The SMILES string of the molecule is c1ccc(-c2ccccc2-c2ccccc2-c2ccccc2N(c2ccc(-c3ccc4sc5ccccc5c4c3)cc2)c2ccc3oc4ccccc4c3c2)cc1. The maximum atomic E-state index is 6.30. The van der Waals surface area contributed by atoms with Gasteiger partial charge in [-0.05, 0) is 99.6 Å². The number of thiophene rings is 1. The summed E-state index contributed by atoms with van der Waals surface area (Å²) in [5.41, 5.74) is 14.5. The first-order valence-electron chi connectivity index (χ1n) is 19.3. The van der Waals surface area contributed by atoms with Gasteiger partial charge in [-0.25, -0.2) is 0 Å². The Kier molecular flexibility index (Phi) is 8.04. The zero-order valence-corrected chi connectivity index (χ0v) is 31.8. The smallest absolute Gasteiger partial charge is 0.135 e. The molecular formula is C54H35NOS. The number of fused-ring (bicyclic) bond motifs is 6. The fourth-order valence-corrected chi connectivity index (χ4v) is 9.51. The summed E-state index contributed by atoms with van der Waals surface area (Å²) in [6.07, 6.45) is 0. The molecule has 0 aliphatic heterocycles. The van der Waals surface area contributed by atoms with Crippen LogP contribution in [0, 0.1) is 0 Å². The number of anilines is 3. The van der Waals surface area contributed by atoms with E-state index in [1.54, 1.807) is 0 Å². The van der Waals surface area contributed by atoms with Gasteiger partial charge in [0.2, 0.25) is 0 Å². The summed E-state index contributed by atoms with van der Waals surface area (Å²) in [5.74, 6) is 0. The minimum atomic E-state index is 0.878. The van der Waals surface area contributed by atoms with Gasteiger partial charge in [0.05, 0.1) is 5.69 Å². The average molecular weight is 746 g/mol. The van der Waals surface area contributed by atoms with Crippen molar-refractivity contribution >= 4 is 70.5 Å². The summed E-state index contributed by atoms with van der Waals surface area (Å²) in [6.45, 7) is 0. The number of para-hydroxylation sites is 2.